The minimum Gasteiger partial charge on any atom is -0.496 e. The van der Waals surface area contributed by atoms with E-state index >= 15 is 0 Å². The van der Waals surface area contributed by atoms with Crippen molar-refractivity contribution >= 4 is 33.9 Å². The Hall–Kier alpha value is -0.680. The van der Waals surface area contributed by atoms with Gasteiger partial charge in [0, 0.05) is 15.2 Å². The Labute approximate surface area is 114 Å². The molecule has 0 aliphatic heterocycles. The SMILES string of the molecule is COc1cc(/C=N/O)c(SC(C)(C)C)cc1Br. The van der Waals surface area contributed by atoms with E-state index in [4.69, 9.17) is 9.94 Å². The first-order chi connectivity index (χ1) is 7.87. The fraction of sp³-hybridized carbons (Fsp3) is 0.417. The molecule has 0 heterocycles. The topological polar surface area (TPSA) is 41.8 Å². The molecule has 0 radical (unpaired) electrons. The zero-order valence-corrected chi connectivity index (χ0v) is 12.7. The third-order valence-electron chi connectivity index (χ3n) is 1.90. The second-order valence-electron chi connectivity index (χ2n) is 4.48. The number of ether oxygens (including phenoxy) is 1. The summed E-state index contributed by atoms with van der Waals surface area (Å²) in [6.45, 7) is 6.40. The number of halogens is 1. The normalized spacial score (nSPS) is 12.1. The third-order valence-corrected chi connectivity index (χ3v) is 3.70. The van der Waals surface area contributed by atoms with Gasteiger partial charge in [-0.15, -0.1) is 11.8 Å². The molecule has 0 spiro atoms. The van der Waals surface area contributed by atoms with Crippen LogP contribution in [-0.2, 0) is 0 Å². The molecule has 0 aliphatic carbocycles. The van der Waals surface area contributed by atoms with Gasteiger partial charge in [-0.3, -0.25) is 0 Å². The molecule has 0 fully saturated rings. The van der Waals surface area contributed by atoms with Gasteiger partial charge < -0.3 is 9.94 Å². The lowest BCUT2D eigenvalue weighted by Crippen LogP contribution is -2.07. The number of hydrogen-bond acceptors (Lipinski definition) is 4. The third kappa shape index (κ3) is 4.24. The van der Waals surface area contributed by atoms with E-state index in [-0.39, 0.29) is 4.75 Å². The molecule has 0 saturated heterocycles. The Balaban J connectivity index is 3.23. The predicted octanol–water partition coefficient (Wildman–Crippen LogP) is 4.16. The molecule has 0 atom stereocenters. The summed E-state index contributed by atoms with van der Waals surface area (Å²) in [6, 6.07) is 3.82. The lowest BCUT2D eigenvalue weighted by Gasteiger charge is -2.19. The van der Waals surface area contributed by atoms with Crippen molar-refractivity contribution in [3.8, 4) is 5.75 Å². The smallest absolute Gasteiger partial charge is 0.133 e. The van der Waals surface area contributed by atoms with E-state index in [1.54, 1.807) is 18.9 Å². The van der Waals surface area contributed by atoms with Crippen molar-refractivity contribution in [3.05, 3.63) is 22.2 Å². The van der Waals surface area contributed by atoms with Crippen LogP contribution in [0.5, 0.6) is 5.75 Å². The lowest BCUT2D eigenvalue weighted by molar-refractivity contribution is 0.321. The largest absolute Gasteiger partial charge is 0.496 e. The van der Waals surface area contributed by atoms with E-state index in [0.717, 1.165) is 20.7 Å². The summed E-state index contributed by atoms with van der Waals surface area (Å²) in [7, 11) is 1.61. The van der Waals surface area contributed by atoms with E-state index in [1.807, 2.05) is 12.1 Å². The minimum absolute atomic E-state index is 0.0894. The van der Waals surface area contributed by atoms with E-state index in [0.29, 0.717) is 0 Å². The van der Waals surface area contributed by atoms with Crippen LogP contribution in [0.25, 0.3) is 0 Å². The van der Waals surface area contributed by atoms with Crippen LogP contribution < -0.4 is 4.74 Å². The molecule has 17 heavy (non-hydrogen) atoms. The molecule has 1 rings (SSSR count). The van der Waals surface area contributed by atoms with Gasteiger partial charge in [-0.25, -0.2) is 0 Å². The summed E-state index contributed by atoms with van der Waals surface area (Å²) in [6.07, 6.45) is 1.42. The number of methoxy groups -OCH3 is 1. The summed E-state index contributed by atoms with van der Waals surface area (Å²) in [5.74, 6) is 0.721. The van der Waals surface area contributed by atoms with Crippen molar-refractivity contribution in [2.75, 3.05) is 7.11 Å². The van der Waals surface area contributed by atoms with Crippen LogP contribution in [0.2, 0.25) is 0 Å². The number of rotatable bonds is 3. The molecule has 94 valence electrons. The lowest BCUT2D eigenvalue weighted by atomic mass is 10.2. The second-order valence-corrected chi connectivity index (χ2v) is 7.21. The first kappa shape index (κ1) is 14.4. The highest BCUT2D eigenvalue weighted by Gasteiger charge is 2.16. The second kappa shape index (κ2) is 5.78. The Morgan fingerprint density at radius 3 is 2.53 bits per heavy atom. The Kier molecular flexibility index (Phi) is 4.89. The number of hydrogen-bond donors (Lipinski definition) is 1. The molecule has 0 amide bonds. The van der Waals surface area contributed by atoms with Crippen LogP contribution in [0.3, 0.4) is 0 Å². The van der Waals surface area contributed by atoms with Crippen LogP contribution in [0.15, 0.2) is 26.7 Å². The average Bonchev–Trinajstić information content (AvgIpc) is 2.20. The Morgan fingerprint density at radius 2 is 2.06 bits per heavy atom. The maximum absolute atomic E-state index is 8.68. The summed E-state index contributed by atoms with van der Waals surface area (Å²) in [5, 5.41) is 11.8. The van der Waals surface area contributed by atoms with Crippen LogP contribution >= 0.6 is 27.7 Å². The molecule has 0 aliphatic rings. The van der Waals surface area contributed by atoms with Gasteiger partial charge in [0.05, 0.1) is 17.8 Å². The van der Waals surface area contributed by atoms with Gasteiger partial charge in [-0.05, 0) is 28.1 Å². The van der Waals surface area contributed by atoms with Gasteiger partial charge in [-0.1, -0.05) is 25.9 Å². The fourth-order valence-corrected chi connectivity index (χ4v) is 3.01. The quantitative estimate of drug-likeness (QED) is 0.394. The Bertz CT molecular complexity index is 427. The van der Waals surface area contributed by atoms with Gasteiger partial charge in [0.25, 0.3) is 0 Å². The van der Waals surface area contributed by atoms with Gasteiger partial charge in [0.2, 0.25) is 0 Å². The molecule has 1 N–H and O–H groups in total. The van der Waals surface area contributed by atoms with Gasteiger partial charge in [0.1, 0.15) is 5.75 Å². The molecule has 1 aromatic carbocycles. The van der Waals surface area contributed by atoms with Crippen molar-refractivity contribution in [3.63, 3.8) is 0 Å². The van der Waals surface area contributed by atoms with E-state index in [1.165, 1.54) is 6.21 Å². The summed E-state index contributed by atoms with van der Waals surface area (Å²) in [4.78, 5) is 1.04. The summed E-state index contributed by atoms with van der Waals surface area (Å²) in [5.41, 5.74) is 0.840. The standard InChI is InChI=1S/C12H16BrNO2S/c1-12(2,3)17-11-6-9(13)10(16-4)5-8(11)7-14-15/h5-7,15H,1-4H3/b14-7+. The fourth-order valence-electron chi connectivity index (χ4n) is 1.29. The first-order valence-corrected chi connectivity index (χ1v) is 6.72. The molecule has 1 aromatic rings. The maximum atomic E-state index is 8.68. The maximum Gasteiger partial charge on any atom is 0.133 e. The minimum atomic E-state index is 0.0894. The predicted molar refractivity (Wildman–Crippen MR) is 75.7 cm³/mol. The highest BCUT2D eigenvalue weighted by Crippen LogP contribution is 2.38. The van der Waals surface area contributed by atoms with Crippen molar-refractivity contribution in [2.24, 2.45) is 5.16 Å². The van der Waals surface area contributed by atoms with Crippen molar-refractivity contribution in [1.29, 1.82) is 0 Å². The molecule has 0 aromatic heterocycles. The van der Waals surface area contributed by atoms with E-state index in [9.17, 15) is 0 Å². The number of thioether (sulfide) groups is 1. The van der Waals surface area contributed by atoms with Crippen molar-refractivity contribution < 1.29 is 9.94 Å². The Morgan fingerprint density at radius 1 is 1.41 bits per heavy atom. The van der Waals surface area contributed by atoms with Crippen molar-refractivity contribution in [1.82, 2.24) is 0 Å². The molecule has 0 bridgehead atoms. The first-order valence-electron chi connectivity index (χ1n) is 5.11. The zero-order chi connectivity index (χ0) is 13.1. The van der Waals surface area contributed by atoms with Crippen LogP contribution in [0.1, 0.15) is 26.3 Å². The molecular formula is C12H16BrNO2S. The van der Waals surface area contributed by atoms with Crippen LogP contribution in [-0.4, -0.2) is 23.3 Å². The molecule has 0 saturated carbocycles. The molecule has 0 unspecified atom stereocenters. The van der Waals surface area contributed by atoms with Crippen LogP contribution in [0.4, 0.5) is 0 Å². The zero-order valence-electron chi connectivity index (χ0n) is 10.3. The number of nitrogens with zero attached hydrogens (tertiary/aromatic N) is 1. The summed E-state index contributed by atoms with van der Waals surface area (Å²) < 4.78 is 6.20. The molecule has 3 nitrogen and oxygen atoms in total. The highest BCUT2D eigenvalue weighted by atomic mass is 79.9. The summed E-state index contributed by atoms with van der Waals surface area (Å²) >= 11 is 5.17. The monoisotopic (exact) mass is 317 g/mol. The van der Waals surface area contributed by atoms with Gasteiger partial charge in [0.15, 0.2) is 0 Å². The van der Waals surface area contributed by atoms with E-state index in [2.05, 4.69) is 41.9 Å². The average molecular weight is 318 g/mol. The van der Waals surface area contributed by atoms with Crippen LogP contribution in [0, 0.1) is 0 Å². The van der Waals surface area contributed by atoms with Crippen molar-refractivity contribution in [2.45, 2.75) is 30.4 Å². The molecule has 5 heteroatoms. The van der Waals surface area contributed by atoms with Gasteiger partial charge in [-0.2, -0.15) is 0 Å². The molecular weight excluding hydrogens is 302 g/mol. The van der Waals surface area contributed by atoms with E-state index < -0.39 is 0 Å². The highest BCUT2D eigenvalue weighted by molar-refractivity contribution is 9.10. The number of oxime groups is 1. The number of benzene rings is 1. The van der Waals surface area contributed by atoms with Gasteiger partial charge >= 0.3 is 0 Å².